The molecule has 3 atom stereocenters. The van der Waals surface area contributed by atoms with Crippen molar-refractivity contribution in [3.63, 3.8) is 0 Å². The molecule has 1 aliphatic heterocycles. The molecular weight excluding hydrogens is 615 g/mol. The molecule has 1 saturated heterocycles. The summed E-state index contributed by atoms with van der Waals surface area (Å²) in [6.07, 6.45) is 1.18. The molecule has 2 aromatic rings. The van der Waals surface area contributed by atoms with E-state index in [2.05, 4.69) is 104 Å². The third-order valence-electron chi connectivity index (χ3n) is 9.20. The zero-order valence-corrected chi connectivity index (χ0v) is 33.4. The first-order valence-corrected chi connectivity index (χ1v) is 25.2. The van der Waals surface area contributed by atoms with Gasteiger partial charge < -0.3 is 22.9 Å². The van der Waals surface area contributed by atoms with Gasteiger partial charge in [-0.2, -0.15) is 4.98 Å². The summed E-state index contributed by atoms with van der Waals surface area (Å²) >= 11 is 0. The van der Waals surface area contributed by atoms with Crippen LogP contribution in [-0.4, -0.2) is 67.4 Å². The van der Waals surface area contributed by atoms with Crippen LogP contribution in [0.3, 0.4) is 0 Å². The van der Waals surface area contributed by atoms with E-state index in [1.54, 1.807) is 10.8 Å². The lowest BCUT2D eigenvalue weighted by Crippen LogP contribution is -2.48. The minimum Gasteiger partial charge on any atom is -0.530 e. The Morgan fingerprint density at radius 1 is 0.933 bits per heavy atom. The Kier molecular flexibility index (Phi) is 11.2. The highest BCUT2D eigenvalue weighted by Crippen LogP contribution is 2.42. The zero-order valence-electron chi connectivity index (χ0n) is 30.4. The summed E-state index contributed by atoms with van der Waals surface area (Å²) in [6, 6.07) is 8.04. The fourth-order valence-corrected chi connectivity index (χ4v) is 7.41. The fraction of sp³-hybridized carbons (Fsp3) is 0.647. The summed E-state index contributed by atoms with van der Waals surface area (Å²) in [5.41, 5.74) is 2.09. The van der Waals surface area contributed by atoms with Crippen molar-refractivity contribution in [2.45, 2.75) is 122 Å². The molecule has 0 unspecified atom stereocenters. The molecule has 0 spiro atoms. The van der Waals surface area contributed by atoms with Crippen molar-refractivity contribution in [2.24, 2.45) is 0 Å². The van der Waals surface area contributed by atoms with Gasteiger partial charge >= 0.3 is 5.69 Å². The summed E-state index contributed by atoms with van der Waals surface area (Å²) < 4.78 is 28.0. The number of anilines is 1. The molecule has 0 N–H and O–H groups in total. The summed E-state index contributed by atoms with van der Waals surface area (Å²) in [5, 5.41) is 0.0891. The van der Waals surface area contributed by atoms with Crippen molar-refractivity contribution in [3.05, 3.63) is 52.1 Å². The molecule has 250 valence electrons. The topological polar surface area (TPSA) is 75.0 Å². The van der Waals surface area contributed by atoms with Gasteiger partial charge in [0.15, 0.2) is 16.6 Å². The van der Waals surface area contributed by atoms with Gasteiger partial charge in [-0.05, 0) is 80.2 Å². The molecule has 0 bridgehead atoms. The van der Waals surface area contributed by atoms with E-state index in [1.165, 1.54) is 0 Å². The molecule has 3 rings (SSSR count). The Bertz CT molecular complexity index is 1440. The Morgan fingerprint density at radius 2 is 1.51 bits per heavy atom. The second kappa shape index (κ2) is 13.5. The van der Waals surface area contributed by atoms with Crippen LogP contribution in [-0.2, 0) is 13.6 Å². The average Bonchev–Trinajstić information content (AvgIpc) is 3.26. The van der Waals surface area contributed by atoms with Crippen LogP contribution in [0, 0.1) is 11.8 Å². The molecule has 2 heterocycles. The lowest BCUT2D eigenvalue weighted by Gasteiger charge is -2.40. The summed E-state index contributed by atoms with van der Waals surface area (Å²) in [6.45, 7) is 29.0. The SMILES string of the molecule is CN(C)c1ccc(C#Cc2cn([C@H]3C[C@H](O[Si](C)(C)C(C)(C)C)[C@@H](CO[Si](C)(C)C(C)(C)C)O3)c(=O)nc2O[Si](C)(C)C)cc1. The standard InChI is InChI=1S/C34H57N3O5Si3/c1-33(2,3)44(12,13)39-24-29-28(41-45(14,15)34(4,5)6)22-30(40-29)37-23-26(31(35-32(37)38)42-43(9,10)11)19-16-25-17-20-27(21-18-25)36(7)8/h17-18,20-21,23,28-30H,22,24H2,1-15H3/t28-,29+,30+/m0/s1. The summed E-state index contributed by atoms with van der Waals surface area (Å²) in [4.78, 5) is 20.0. The van der Waals surface area contributed by atoms with Crippen LogP contribution < -0.4 is 15.0 Å². The highest BCUT2D eigenvalue weighted by molar-refractivity contribution is 6.74. The molecular formula is C34H57N3O5Si3. The van der Waals surface area contributed by atoms with E-state index in [9.17, 15) is 4.79 Å². The Balaban J connectivity index is 2.02. The normalized spacial score (nSPS) is 19.7. The Hall–Kier alpha value is -2.21. The molecule has 0 saturated carbocycles. The second-order valence-electron chi connectivity index (χ2n) is 16.4. The van der Waals surface area contributed by atoms with E-state index < -0.39 is 36.9 Å². The minimum atomic E-state index is -2.14. The maximum absolute atomic E-state index is 13.5. The van der Waals surface area contributed by atoms with Crippen molar-refractivity contribution in [1.29, 1.82) is 0 Å². The maximum atomic E-state index is 13.5. The number of rotatable bonds is 9. The Labute approximate surface area is 275 Å². The van der Waals surface area contributed by atoms with Crippen molar-refractivity contribution in [2.75, 3.05) is 25.6 Å². The fourth-order valence-electron chi connectivity index (χ4n) is 4.30. The Morgan fingerprint density at radius 3 is 2.02 bits per heavy atom. The molecule has 0 amide bonds. The smallest absolute Gasteiger partial charge is 0.353 e. The molecule has 11 heteroatoms. The maximum Gasteiger partial charge on any atom is 0.353 e. The number of benzene rings is 1. The highest BCUT2D eigenvalue weighted by atomic mass is 28.4. The monoisotopic (exact) mass is 671 g/mol. The number of nitrogens with zero attached hydrogens (tertiary/aromatic N) is 3. The first kappa shape index (κ1) is 37.3. The number of ether oxygens (including phenoxy) is 1. The molecule has 0 aliphatic carbocycles. The second-order valence-corrected chi connectivity index (χ2v) is 30.4. The lowest BCUT2D eigenvalue weighted by atomic mass is 10.2. The number of aromatic nitrogens is 2. The van der Waals surface area contributed by atoms with Gasteiger partial charge in [0.1, 0.15) is 17.9 Å². The molecule has 1 aliphatic rings. The van der Waals surface area contributed by atoms with Gasteiger partial charge in [0, 0.05) is 38.0 Å². The van der Waals surface area contributed by atoms with Crippen LogP contribution in [0.4, 0.5) is 5.69 Å². The third kappa shape index (κ3) is 9.65. The van der Waals surface area contributed by atoms with Crippen LogP contribution in [0.15, 0.2) is 35.3 Å². The van der Waals surface area contributed by atoms with Gasteiger partial charge in [-0.3, -0.25) is 4.57 Å². The minimum absolute atomic E-state index is 0.0255. The number of hydrogen-bond acceptors (Lipinski definition) is 7. The van der Waals surface area contributed by atoms with E-state index in [0.717, 1.165) is 11.3 Å². The first-order valence-electron chi connectivity index (χ1n) is 16.0. The quantitative estimate of drug-likeness (QED) is 0.201. The predicted octanol–water partition coefficient (Wildman–Crippen LogP) is 7.62. The largest absolute Gasteiger partial charge is 0.530 e. The van der Waals surface area contributed by atoms with Crippen molar-refractivity contribution in [3.8, 4) is 17.7 Å². The number of hydrogen-bond donors (Lipinski definition) is 0. The van der Waals surface area contributed by atoms with Crippen molar-refractivity contribution < 1.29 is 18.0 Å². The van der Waals surface area contributed by atoms with E-state index >= 15 is 0 Å². The molecule has 45 heavy (non-hydrogen) atoms. The first-order chi connectivity index (χ1) is 20.4. The van der Waals surface area contributed by atoms with Crippen LogP contribution in [0.1, 0.15) is 65.3 Å². The van der Waals surface area contributed by atoms with E-state index in [0.29, 0.717) is 18.6 Å². The average molecular weight is 672 g/mol. The van der Waals surface area contributed by atoms with Crippen LogP contribution in [0.25, 0.3) is 0 Å². The van der Waals surface area contributed by atoms with Gasteiger partial charge in [0.2, 0.25) is 14.2 Å². The predicted molar refractivity (Wildman–Crippen MR) is 193 cm³/mol. The van der Waals surface area contributed by atoms with Crippen LogP contribution in [0.5, 0.6) is 5.88 Å². The van der Waals surface area contributed by atoms with E-state index in [1.807, 2.05) is 43.3 Å². The van der Waals surface area contributed by atoms with Gasteiger partial charge in [0.25, 0.3) is 0 Å². The molecule has 1 fully saturated rings. The summed E-state index contributed by atoms with van der Waals surface area (Å²) in [5.74, 6) is 6.77. The van der Waals surface area contributed by atoms with E-state index in [-0.39, 0.29) is 28.2 Å². The summed E-state index contributed by atoms with van der Waals surface area (Å²) in [7, 11) is -2.25. The third-order valence-corrected chi connectivity index (χ3v) is 19.0. The van der Waals surface area contributed by atoms with Gasteiger partial charge in [-0.15, -0.1) is 0 Å². The van der Waals surface area contributed by atoms with Crippen LogP contribution in [0.2, 0.25) is 55.9 Å². The van der Waals surface area contributed by atoms with Gasteiger partial charge in [0.05, 0.1) is 12.7 Å². The molecule has 8 nitrogen and oxygen atoms in total. The van der Waals surface area contributed by atoms with Crippen molar-refractivity contribution in [1.82, 2.24) is 9.55 Å². The van der Waals surface area contributed by atoms with Crippen molar-refractivity contribution >= 4 is 30.6 Å². The highest BCUT2D eigenvalue weighted by Gasteiger charge is 2.47. The van der Waals surface area contributed by atoms with Gasteiger partial charge in [-0.1, -0.05) is 53.4 Å². The van der Waals surface area contributed by atoms with Gasteiger partial charge in [-0.25, -0.2) is 4.79 Å². The lowest BCUT2D eigenvalue weighted by molar-refractivity contribution is -0.0412. The molecule has 1 aromatic heterocycles. The van der Waals surface area contributed by atoms with Crippen LogP contribution >= 0.6 is 0 Å². The molecule has 0 radical (unpaired) electrons. The molecule has 1 aromatic carbocycles. The zero-order chi connectivity index (χ0) is 34.2. The van der Waals surface area contributed by atoms with E-state index in [4.69, 9.17) is 18.0 Å².